The summed E-state index contributed by atoms with van der Waals surface area (Å²) < 4.78 is 35.9. The molecule has 0 spiro atoms. The maximum absolute atomic E-state index is 12.6. The molecule has 3 rings (SSSR count). The Bertz CT molecular complexity index is 1010. The topological polar surface area (TPSA) is 57.5 Å². The Morgan fingerprint density at radius 3 is 2.28 bits per heavy atom. The van der Waals surface area contributed by atoms with E-state index in [-0.39, 0.29) is 18.1 Å². The second-order valence-electron chi connectivity index (χ2n) is 6.36. The van der Waals surface area contributed by atoms with Crippen LogP contribution in [0.15, 0.2) is 60.7 Å². The van der Waals surface area contributed by atoms with Gasteiger partial charge in [0.15, 0.2) is 6.61 Å². The molecule has 0 unspecified atom stereocenters. The molecule has 0 amide bonds. The summed E-state index contributed by atoms with van der Waals surface area (Å²) in [7, 11) is 0. The van der Waals surface area contributed by atoms with E-state index in [4.69, 9.17) is 4.74 Å². The zero-order valence-electron chi connectivity index (χ0n) is 15.9. The maximum atomic E-state index is 12.6. The number of halogens is 2. The first-order chi connectivity index (χ1) is 13.9. The van der Waals surface area contributed by atoms with Crippen LogP contribution in [0.5, 0.6) is 5.75 Å². The molecule has 0 aliphatic rings. The molecule has 150 valence electrons. The summed E-state index contributed by atoms with van der Waals surface area (Å²) in [6, 6.07) is 16.3. The number of nitrogens with zero attached hydrogens (tertiary/aromatic N) is 1. The van der Waals surface area contributed by atoms with Crippen molar-refractivity contribution in [3.8, 4) is 11.4 Å². The van der Waals surface area contributed by atoms with E-state index < -0.39 is 12.6 Å². The van der Waals surface area contributed by atoms with E-state index in [9.17, 15) is 18.4 Å². The lowest BCUT2D eigenvalue weighted by atomic mass is 10.1. The van der Waals surface area contributed by atoms with Gasteiger partial charge < -0.3 is 14.0 Å². The molecule has 1 aromatic heterocycles. The van der Waals surface area contributed by atoms with Crippen molar-refractivity contribution >= 4 is 11.8 Å². The van der Waals surface area contributed by atoms with Crippen molar-refractivity contribution in [3.05, 3.63) is 83.2 Å². The van der Waals surface area contributed by atoms with Crippen molar-refractivity contribution in [2.75, 3.05) is 6.61 Å². The Morgan fingerprint density at radius 2 is 1.66 bits per heavy atom. The highest BCUT2D eigenvalue weighted by molar-refractivity contribution is 6.00. The fourth-order valence-corrected chi connectivity index (χ4v) is 3.09. The lowest BCUT2D eigenvalue weighted by molar-refractivity contribution is -0.0498. The number of Topliss-reactive ketones (excluding diaryl/α,β-unsaturated/α-hetero) is 1. The summed E-state index contributed by atoms with van der Waals surface area (Å²) in [5.41, 5.74) is 2.93. The molecule has 5 nitrogen and oxygen atoms in total. The summed E-state index contributed by atoms with van der Waals surface area (Å²) >= 11 is 0. The van der Waals surface area contributed by atoms with Crippen molar-refractivity contribution in [2.24, 2.45) is 0 Å². The van der Waals surface area contributed by atoms with Crippen LogP contribution < -0.4 is 4.74 Å². The first-order valence-corrected chi connectivity index (χ1v) is 8.86. The highest BCUT2D eigenvalue weighted by Gasteiger charge is 2.19. The van der Waals surface area contributed by atoms with Crippen molar-refractivity contribution in [2.45, 2.75) is 20.5 Å². The fraction of sp³-hybridized carbons (Fsp3) is 0.182. The Hall–Kier alpha value is -3.48. The monoisotopic (exact) mass is 399 g/mol. The molecule has 1 heterocycles. The Labute approximate surface area is 166 Å². The van der Waals surface area contributed by atoms with Crippen LogP contribution in [0, 0.1) is 13.8 Å². The summed E-state index contributed by atoms with van der Waals surface area (Å²) in [6.45, 7) is 0.324. The molecular formula is C22H19F2NO4. The third-order valence-electron chi connectivity index (χ3n) is 4.40. The van der Waals surface area contributed by atoms with Crippen LogP contribution in [0.2, 0.25) is 0 Å². The first-order valence-electron chi connectivity index (χ1n) is 8.86. The van der Waals surface area contributed by atoms with E-state index in [1.54, 1.807) is 55.5 Å². The van der Waals surface area contributed by atoms with Gasteiger partial charge in [0.25, 0.3) is 0 Å². The zero-order chi connectivity index (χ0) is 21.0. The Kier molecular flexibility index (Phi) is 6.07. The highest BCUT2D eigenvalue weighted by atomic mass is 19.3. The Morgan fingerprint density at radius 1 is 1.00 bits per heavy atom. The molecule has 7 heteroatoms. The van der Waals surface area contributed by atoms with Gasteiger partial charge in [0.05, 0.1) is 5.56 Å². The van der Waals surface area contributed by atoms with Crippen LogP contribution in [-0.4, -0.2) is 29.5 Å². The highest BCUT2D eigenvalue weighted by Crippen LogP contribution is 2.24. The standard InChI is InChI=1S/C22H19F2NO4/c1-14-12-19(20(26)13-28-21(27)16-6-4-3-5-7-16)15(2)25(14)17-8-10-18(11-9-17)29-22(23)24/h3-12,22H,13H2,1-2H3. The SMILES string of the molecule is Cc1cc(C(=O)COC(=O)c2ccccc2)c(C)n1-c1ccc(OC(F)F)cc1. The largest absolute Gasteiger partial charge is 0.454 e. The number of carbonyl (C=O) groups is 2. The summed E-state index contributed by atoms with van der Waals surface area (Å²) in [5.74, 6) is -0.844. The van der Waals surface area contributed by atoms with Crippen LogP contribution >= 0.6 is 0 Å². The number of esters is 1. The minimum absolute atomic E-state index is 0.0512. The number of aryl methyl sites for hydroxylation is 1. The van der Waals surface area contributed by atoms with Crippen LogP contribution in [0.4, 0.5) is 8.78 Å². The van der Waals surface area contributed by atoms with Gasteiger partial charge in [-0.25, -0.2) is 4.79 Å². The number of benzene rings is 2. The summed E-state index contributed by atoms with van der Waals surface area (Å²) in [5, 5.41) is 0. The van der Waals surface area contributed by atoms with Gasteiger partial charge in [0.2, 0.25) is 5.78 Å². The Balaban J connectivity index is 1.74. The quantitative estimate of drug-likeness (QED) is 0.426. The van der Waals surface area contributed by atoms with E-state index in [2.05, 4.69) is 4.74 Å². The molecule has 0 atom stereocenters. The smallest absolute Gasteiger partial charge is 0.387 e. The molecule has 0 fully saturated rings. The number of hydrogen-bond donors (Lipinski definition) is 0. The summed E-state index contributed by atoms with van der Waals surface area (Å²) in [4.78, 5) is 24.6. The summed E-state index contributed by atoms with van der Waals surface area (Å²) in [6.07, 6.45) is 0. The number of alkyl halides is 2. The van der Waals surface area contributed by atoms with Gasteiger partial charge in [-0.1, -0.05) is 18.2 Å². The van der Waals surface area contributed by atoms with Gasteiger partial charge in [-0.15, -0.1) is 0 Å². The van der Waals surface area contributed by atoms with E-state index in [1.807, 2.05) is 11.5 Å². The molecule has 0 saturated heterocycles. The third kappa shape index (κ3) is 4.68. The van der Waals surface area contributed by atoms with Crippen LogP contribution in [0.25, 0.3) is 5.69 Å². The fourth-order valence-electron chi connectivity index (χ4n) is 3.09. The zero-order valence-corrected chi connectivity index (χ0v) is 15.9. The lowest BCUT2D eigenvalue weighted by Crippen LogP contribution is -2.15. The van der Waals surface area contributed by atoms with Crippen molar-refractivity contribution in [3.63, 3.8) is 0 Å². The number of ether oxygens (including phenoxy) is 2. The predicted molar refractivity (Wildman–Crippen MR) is 103 cm³/mol. The van der Waals surface area contributed by atoms with Gasteiger partial charge in [-0.2, -0.15) is 8.78 Å². The van der Waals surface area contributed by atoms with E-state index in [1.165, 1.54) is 12.1 Å². The van der Waals surface area contributed by atoms with Gasteiger partial charge >= 0.3 is 12.6 Å². The first kappa shape index (κ1) is 20.3. The normalized spacial score (nSPS) is 10.8. The average Bonchev–Trinajstić information content (AvgIpc) is 3.01. The molecule has 0 aliphatic heterocycles. The number of aromatic nitrogens is 1. The number of ketones is 1. The molecule has 0 bridgehead atoms. The van der Waals surface area contributed by atoms with Crippen molar-refractivity contribution < 1.29 is 27.8 Å². The molecule has 0 aliphatic carbocycles. The molecule has 0 saturated carbocycles. The van der Waals surface area contributed by atoms with Crippen LogP contribution in [0.3, 0.4) is 0 Å². The minimum atomic E-state index is -2.89. The predicted octanol–water partition coefficient (Wildman–Crippen LogP) is 4.74. The van der Waals surface area contributed by atoms with Crippen molar-refractivity contribution in [1.29, 1.82) is 0 Å². The van der Waals surface area contributed by atoms with Crippen molar-refractivity contribution in [1.82, 2.24) is 4.57 Å². The van der Waals surface area contributed by atoms with E-state index in [0.29, 0.717) is 22.5 Å². The lowest BCUT2D eigenvalue weighted by Gasteiger charge is -2.11. The molecule has 0 N–H and O–H groups in total. The van der Waals surface area contributed by atoms with Crippen LogP contribution in [-0.2, 0) is 4.74 Å². The third-order valence-corrected chi connectivity index (χ3v) is 4.40. The molecule has 2 aromatic carbocycles. The molecule has 3 aromatic rings. The molecular weight excluding hydrogens is 380 g/mol. The van der Waals surface area contributed by atoms with E-state index in [0.717, 1.165) is 5.69 Å². The van der Waals surface area contributed by atoms with Crippen LogP contribution in [0.1, 0.15) is 32.1 Å². The second kappa shape index (κ2) is 8.68. The van der Waals surface area contributed by atoms with Gasteiger partial charge in [-0.3, -0.25) is 4.79 Å². The number of rotatable bonds is 7. The van der Waals surface area contributed by atoms with Gasteiger partial charge in [-0.05, 0) is 56.3 Å². The van der Waals surface area contributed by atoms with E-state index >= 15 is 0 Å². The number of hydrogen-bond acceptors (Lipinski definition) is 4. The van der Waals surface area contributed by atoms with Gasteiger partial charge in [0, 0.05) is 22.6 Å². The second-order valence-corrected chi connectivity index (χ2v) is 6.36. The maximum Gasteiger partial charge on any atom is 0.387 e. The van der Waals surface area contributed by atoms with Gasteiger partial charge in [0.1, 0.15) is 5.75 Å². The average molecular weight is 399 g/mol. The number of carbonyl (C=O) groups excluding carboxylic acids is 2. The molecule has 29 heavy (non-hydrogen) atoms. The molecule has 0 radical (unpaired) electrons. The minimum Gasteiger partial charge on any atom is -0.454 e.